The number of nitrogens with one attached hydrogen (secondary N) is 2. The molecule has 2 atom stereocenters. The lowest BCUT2D eigenvalue weighted by Crippen LogP contribution is -2.31. The lowest BCUT2D eigenvalue weighted by molar-refractivity contribution is -0.135. The van der Waals surface area contributed by atoms with Crippen LogP contribution in [0.2, 0.25) is 0 Å². The zero-order chi connectivity index (χ0) is 12.0. The molecule has 5 heteroatoms. The maximum Gasteiger partial charge on any atom is 0.389 e. The smallest absolute Gasteiger partial charge is 0.316 e. The lowest BCUT2D eigenvalue weighted by Gasteiger charge is -2.15. The molecular weight excluding hydrogens is 217 g/mol. The first-order chi connectivity index (χ1) is 7.49. The molecule has 0 spiro atoms. The predicted octanol–water partition coefficient (Wildman–Crippen LogP) is 2.31. The molecule has 1 fully saturated rings. The third kappa shape index (κ3) is 5.70. The minimum atomic E-state index is -4.00. The number of halogens is 3. The van der Waals surface area contributed by atoms with E-state index in [-0.39, 0.29) is 6.42 Å². The Hall–Kier alpha value is -0.290. The van der Waals surface area contributed by atoms with E-state index in [1.54, 1.807) is 0 Å². The molecule has 1 heterocycles. The molecule has 0 bridgehead atoms. The first-order valence-corrected chi connectivity index (χ1v) is 6.00. The van der Waals surface area contributed by atoms with E-state index in [1.165, 1.54) is 0 Å². The summed E-state index contributed by atoms with van der Waals surface area (Å²) in [7, 11) is 0. The van der Waals surface area contributed by atoms with Crippen molar-refractivity contribution in [2.24, 2.45) is 5.92 Å². The van der Waals surface area contributed by atoms with Gasteiger partial charge in [0, 0.05) is 12.5 Å². The van der Waals surface area contributed by atoms with E-state index in [0.717, 1.165) is 19.5 Å². The first-order valence-electron chi connectivity index (χ1n) is 6.00. The van der Waals surface area contributed by atoms with Crippen LogP contribution in [0.15, 0.2) is 0 Å². The Labute approximate surface area is 95.0 Å². The Bertz CT molecular complexity index is 194. The Balaban J connectivity index is 1.92. The Morgan fingerprint density at radius 1 is 1.31 bits per heavy atom. The molecule has 0 aromatic heterocycles. The van der Waals surface area contributed by atoms with Crippen LogP contribution in [0.5, 0.6) is 0 Å². The van der Waals surface area contributed by atoms with Crippen LogP contribution in [-0.4, -0.2) is 31.9 Å². The van der Waals surface area contributed by atoms with Crippen LogP contribution in [0.1, 0.15) is 32.6 Å². The van der Waals surface area contributed by atoms with Crippen LogP contribution < -0.4 is 10.6 Å². The molecule has 0 radical (unpaired) electrons. The molecule has 0 amide bonds. The van der Waals surface area contributed by atoms with Gasteiger partial charge < -0.3 is 10.6 Å². The Kier molecular flexibility index (Phi) is 5.55. The van der Waals surface area contributed by atoms with Gasteiger partial charge in [-0.05, 0) is 51.7 Å². The second-order valence-corrected chi connectivity index (χ2v) is 4.57. The summed E-state index contributed by atoms with van der Waals surface area (Å²) < 4.78 is 35.5. The average Bonchev–Trinajstić information content (AvgIpc) is 2.56. The molecule has 1 aliphatic heterocycles. The molecule has 16 heavy (non-hydrogen) atoms. The molecule has 2 unspecified atom stereocenters. The van der Waals surface area contributed by atoms with Gasteiger partial charge in [0.1, 0.15) is 0 Å². The standard InChI is InChI=1S/C11H21F3N2/c1-9-10(4-7-16-9)8-15-6-3-2-5-11(12,13)14/h9-10,15-16H,2-8H2,1H3. The van der Waals surface area contributed by atoms with Crippen LogP contribution >= 0.6 is 0 Å². The molecule has 96 valence electrons. The van der Waals surface area contributed by atoms with Gasteiger partial charge in [-0.2, -0.15) is 13.2 Å². The van der Waals surface area contributed by atoms with Crippen molar-refractivity contribution in [3.8, 4) is 0 Å². The van der Waals surface area contributed by atoms with Crippen molar-refractivity contribution in [3.63, 3.8) is 0 Å². The van der Waals surface area contributed by atoms with E-state index in [2.05, 4.69) is 17.6 Å². The Morgan fingerprint density at radius 2 is 2.06 bits per heavy atom. The molecule has 0 saturated carbocycles. The maximum absolute atomic E-state index is 11.8. The van der Waals surface area contributed by atoms with Gasteiger partial charge in [0.2, 0.25) is 0 Å². The summed E-state index contributed by atoms with van der Waals surface area (Å²) >= 11 is 0. The van der Waals surface area contributed by atoms with Crippen molar-refractivity contribution in [2.75, 3.05) is 19.6 Å². The molecule has 0 aromatic rings. The van der Waals surface area contributed by atoms with Crippen LogP contribution in [0.3, 0.4) is 0 Å². The fraction of sp³-hybridized carbons (Fsp3) is 1.00. The van der Waals surface area contributed by atoms with Gasteiger partial charge in [0.15, 0.2) is 0 Å². The van der Waals surface area contributed by atoms with Crippen LogP contribution in [-0.2, 0) is 0 Å². The highest BCUT2D eigenvalue weighted by Gasteiger charge is 2.26. The van der Waals surface area contributed by atoms with Gasteiger partial charge in [-0.25, -0.2) is 0 Å². The molecule has 0 aliphatic carbocycles. The van der Waals surface area contributed by atoms with Gasteiger partial charge in [-0.1, -0.05) is 0 Å². The van der Waals surface area contributed by atoms with E-state index in [9.17, 15) is 13.2 Å². The van der Waals surface area contributed by atoms with Gasteiger partial charge in [0.25, 0.3) is 0 Å². The minimum absolute atomic E-state index is 0.231. The van der Waals surface area contributed by atoms with Gasteiger partial charge in [-0.3, -0.25) is 0 Å². The van der Waals surface area contributed by atoms with E-state index in [4.69, 9.17) is 0 Å². The van der Waals surface area contributed by atoms with Crippen molar-refractivity contribution in [1.82, 2.24) is 10.6 Å². The largest absolute Gasteiger partial charge is 0.389 e. The highest BCUT2D eigenvalue weighted by atomic mass is 19.4. The zero-order valence-electron chi connectivity index (χ0n) is 9.74. The number of hydrogen-bond acceptors (Lipinski definition) is 2. The summed E-state index contributed by atoms with van der Waals surface area (Å²) in [6.45, 7) is 4.82. The molecule has 0 aromatic carbocycles. The molecule has 1 rings (SSSR count). The highest BCUT2D eigenvalue weighted by molar-refractivity contribution is 4.81. The summed E-state index contributed by atoms with van der Waals surface area (Å²) in [6, 6.07) is 0.530. The van der Waals surface area contributed by atoms with Crippen LogP contribution in [0.4, 0.5) is 13.2 Å². The molecule has 1 aliphatic rings. The summed E-state index contributed by atoms with van der Waals surface area (Å²) in [5.41, 5.74) is 0. The second-order valence-electron chi connectivity index (χ2n) is 4.57. The minimum Gasteiger partial charge on any atom is -0.316 e. The first kappa shape index (κ1) is 13.8. The molecular formula is C11H21F3N2. The van der Waals surface area contributed by atoms with Crippen LogP contribution in [0.25, 0.3) is 0 Å². The summed E-state index contributed by atoms with van der Waals surface area (Å²) in [4.78, 5) is 0. The number of unbranched alkanes of at least 4 members (excludes halogenated alkanes) is 1. The SMILES string of the molecule is CC1NCCC1CNCCCCC(F)(F)F. The normalized spacial score (nSPS) is 26.2. The Morgan fingerprint density at radius 3 is 2.62 bits per heavy atom. The number of rotatable bonds is 6. The van der Waals surface area contributed by atoms with Crippen molar-refractivity contribution in [2.45, 2.75) is 44.8 Å². The predicted molar refractivity (Wildman–Crippen MR) is 58.3 cm³/mol. The fourth-order valence-electron chi connectivity index (χ4n) is 2.05. The van der Waals surface area contributed by atoms with E-state index in [1.807, 2.05) is 0 Å². The lowest BCUT2D eigenvalue weighted by atomic mass is 10.0. The topological polar surface area (TPSA) is 24.1 Å². The number of hydrogen-bond donors (Lipinski definition) is 2. The number of alkyl halides is 3. The average molecular weight is 238 g/mol. The van der Waals surface area contributed by atoms with Crippen molar-refractivity contribution >= 4 is 0 Å². The maximum atomic E-state index is 11.8. The van der Waals surface area contributed by atoms with Gasteiger partial charge >= 0.3 is 6.18 Å². The third-order valence-corrected chi connectivity index (χ3v) is 3.16. The quantitative estimate of drug-likeness (QED) is 0.694. The van der Waals surface area contributed by atoms with E-state index in [0.29, 0.717) is 24.9 Å². The van der Waals surface area contributed by atoms with Crippen LogP contribution in [0, 0.1) is 5.92 Å². The molecule has 2 nitrogen and oxygen atoms in total. The highest BCUT2D eigenvalue weighted by Crippen LogP contribution is 2.21. The van der Waals surface area contributed by atoms with E-state index >= 15 is 0 Å². The fourth-order valence-corrected chi connectivity index (χ4v) is 2.05. The van der Waals surface area contributed by atoms with E-state index < -0.39 is 12.6 Å². The monoisotopic (exact) mass is 238 g/mol. The van der Waals surface area contributed by atoms with Crippen molar-refractivity contribution < 1.29 is 13.2 Å². The van der Waals surface area contributed by atoms with Gasteiger partial charge in [-0.15, -0.1) is 0 Å². The molecule has 2 N–H and O–H groups in total. The third-order valence-electron chi connectivity index (χ3n) is 3.16. The summed E-state index contributed by atoms with van der Waals surface area (Å²) in [5, 5.41) is 6.59. The van der Waals surface area contributed by atoms with Crippen molar-refractivity contribution in [3.05, 3.63) is 0 Å². The summed E-state index contributed by atoms with van der Waals surface area (Å²) in [6.07, 6.45) is -2.65. The van der Waals surface area contributed by atoms with Crippen molar-refractivity contribution in [1.29, 1.82) is 0 Å². The zero-order valence-corrected chi connectivity index (χ0v) is 9.74. The van der Waals surface area contributed by atoms with Gasteiger partial charge in [0.05, 0.1) is 0 Å². The second kappa shape index (κ2) is 6.45. The molecule has 1 saturated heterocycles. The summed E-state index contributed by atoms with van der Waals surface area (Å²) in [5.74, 6) is 0.627.